The zero-order valence-electron chi connectivity index (χ0n) is 5.96. The van der Waals surface area contributed by atoms with Crippen LogP contribution in [-0.2, 0) is 11.2 Å². The molecule has 0 fully saturated rings. The molecule has 0 amide bonds. The lowest BCUT2D eigenvalue weighted by Gasteiger charge is -1.94. The third kappa shape index (κ3) is 2.45. The third-order valence-electron chi connectivity index (χ3n) is 1.30. The average Bonchev–Trinajstić information content (AvgIpc) is 2.01. The van der Waals surface area contributed by atoms with Gasteiger partial charge in [0.05, 0.1) is 0 Å². The predicted octanol–water partition coefficient (Wildman–Crippen LogP) is 1.35. The molecule has 0 aliphatic carbocycles. The van der Waals surface area contributed by atoms with Gasteiger partial charge in [0.15, 0.2) is 0 Å². The van der Waals surface area contributed by atoms with Crippen molar-refractivity contribution in [2.24, 2.45) is 0 Å². The normalized spacial score (nSPS) is 9.55. The van der Waals surface area contributed by atoms with Gasteiger partial charge in [0.25, 0.3) is 0 Å². The Kier molecular flexibility index (Phi) is 2.72. The fraction of sp³-hybridized carbons (Fsp3) is 0.250. The summed E-state index contributed by atoms with van der Waals surface area (Å²) in [4.78, 5) is 13.8. The average molecular weight is 153 g/mol. The largest absolute Gasteiger partial charge is 0.303 e. The topological polar surface area (TPSA) is 30.0 Å². The van der Waals surface area contributed by atoms with Gasteiger partial charge in [-0.1, -0.05) is 0 Å². The second-order valence-corrected chi connectivity index (χ2v) is 2.17. The first kappa shape index (κ1) is 7.85. The number of nitrogens with zero attached hydrogens (tertiary/aromatic N) is 1. The summed E-state index contributed by atoms with van der Waals surface area (Å²) >= 11 is 0. The Morgan fingerprint density at radius 3 is 3.09 bits per heavy atom. The number of hydrogen-bond donors (Lipinski definition) is 0. The number of carbonyl (C=O) groups excluding carboxylic acids is 1. The number of hydrogen-bond acceptors (Lipinski definition) is 2. The number of pyridine rings is 1. The highest BCUT2D eigenvalue weighted by Gasteiger charge is 1.94. The number of rotatable bonds is 3. The summed E-state index contributed by atoms with van der Waals surface area (Å²) in [5, 5.41) is 0. The highest BCUT2D eigenvalue weighted by atomic mass is 19.1. The molecule has 1 rings (SSSR count). The van der Waals surface area contributed by atoms with Crippen LogP contribution in [0.2, 0.25) is 0 Å². The molecule has 0 radical (unpaired) electrons. The lowest BCUT2D eigenvalue weighted by molar-refractivity contribution is -0.107. The van der Waals surface area contributed by atoms with E-state index >= 15 is 0 Å². The third-order valence-corrected chi connectivity index (χ3v) is 1.30. The Morgan fingerprint density at radius 1 is 1.64 bits per heavy atom. The van der Waals surface area contributed by atoms with E-state index in [9.17, 15) is 9.18 Å². The van der Waals surface area contributed by atoms with E-state index in [-0.39, 0.29) is 5.82 Å². The molecule has 0 saturated carbocycles. The lowest BCUT2D eigenvalue weighted by Crippen LogP contribution is -1.90. The number of aromatic nitrogens is 1. The van der Waals surface area contributed by atoms with Crippen molar-refractivity contribution in [2.45, 2.75) is 12.8 Å². The molecule has 1 heterocycles. The Morgan fingerprint density at radius 2 is 2.45 bits per heavy atom. The molecule has 0 aliphatic heterocycles. The smallest absolute Gasteiger partial charge is 0.126 e. The van der Waals surface area contributed by atoms with Crippen LogP contribution < -0.4 is 0 Å². The molecule has 0 aliphatic rings. The number of halogens is 1. The van der Waals surface area contributed by atoms with Crippen molar-refractivity contribution in [2.75, 3.05) is 0 Å². The van der Waals surface area contributed by atoms with Gasteiger partial charge < -0.3 is 4.79 Å². The van der Waals surface area contributed by atoms with E-state index in [4.69, 9.17) is 0 Å². The van der Waals surface area contributed by atoms with E-state index in [1.54, 1.807) is 0 Å². The van der Waals surface area contributed by atoms with Crippen LogP contribution >= 0.6 is 0 Å². The lowest BCUT2D eigenvalue weighted by atomic mass is 10.2. The fourth-order valence-corrected chi connectivity index (χ4v) is 0.792. The molecule has 0 atom stereocenters. The Labute approximate surface area is 64.1 Å². The van der Waals surface area contributed by atoms with Crippen molar-refractivity contribution in [1.82, 2.24) is 4.98 Å². The van der Waals surface area contributed by atoms with E-state index in [1.807, 2.05) is 0 Å². The van der Waals surface area contributed by atoms with E-state index in [2.05, 4.69) is 4.98 Å². The van der Waals surface area contributed by atoms with Crippen LogP contribution in [0.15, 0.2) is 18.3 Å². The van der Waals surface area contributed by atoms with E-state index in [0.29, 0.717) is 18.5 Å². The number of carbonyl (C=O) groups is 1. The minimum Gasteiger partial charge on any atom is -0.303 e. The molecule has 1 aromatic rings. The molecule has 0 saturated heterocycles. The molecule has 0 aromatic carbocycles. The van der Waals surface area contributed by atoms with Crippen LogP contribution in [0.3, 0.4) is 0 Å². The molecule has 2 nitrogen and oxygen atoms in total. The molecular weight excluding hydrogens is 145 g/mol. The maximum absolute atomic E-state index is 12.5. The summed E-state index contributed by atoms with van der Waals surface area (Å²) in [5.74, 6) is -0.305. The monoisotopic (exact) mass is 153 g/mol. The van der Waals surface area contributed by atoms with Crippen LogP contribution in [0.5, 0.6) is 0 Å². The predicted molar refractivity (Wildman–Crippen MR) is 38.6 cm³/mol. The molecular formula is C8H8FNO. The molecule has 3 heteroatoms. The first-order chi connectivity index (χ1) is 5.33. The molecule has 0 unspecified atom stereocenters. The fourth-order valence-electron chi connectivity index (χ4n) is 0.792. The first-order valence-corrected chi connectivity index (χ1v) is 3.37. The van der Waals surface area contributed by atoms with Gasteiger partial charge in [0, 0.05) is 18.3 Å². The molecule has 58 valence electrons. The van der Waals surface area contributed by atoms with Crippen molar-refractivity contribution in [1.29, 1.82) is 0 Å². The van der Waals surface area contributed by atoms with Gasteiger partial charge in [0.2, 0.25) is 0 Å². The van der Waals surface area contributed by atoms with Gasteiger partial charge in [-0.3, -0.25) is 4.98 Å². The zero-order chi connectivity index (χ0) is 8.10. The van der Waals surface area contributed by atoms with Crippen LogP contribution in [0, 0.1) is 5.82 Å². The SMILES string of the molecule is O=CCCc1cc(F)ccn1. The van der Waals surface area contributed by atoms with Gasteiger partial charge in [-0.25, -0.2) is 4.39 Å². The second kappa shape index (κ2) is 3.81. The molecule has 0 N–H and O–H groups in total. The standard InChI is InChI=1S/C8H8FNO/c9-7-3-4-10-8(6-7)2-1-5-11/h3-6H,1-2H2. The molecule has 0 bridgehead atoms. The second-order valence-electron chi connectivity index (χ2n) is 2.17. The van der Waals surface area contributed by atoms with Crippen molar-refractivity contribution in [3.8, 4) is 0 Å². The van der Waals surface area contributed by atoms with Crippen LogP contribution in [0.4, 0.5) is 4.39 Å². The Hall–Kier alpha value is -1.25. The maximum Gasteiger partial charge on any atom is 0.126 e. The summed E-state index contributed by atoms with van der Waals surface area (Å²) in [5.41, 5.74) is 0.622. The highest BCUT2D eigenvalue weighted by Crippen LogP contribution is 2.00. The summed E-state index contributed by atoms with van der Waals surface area (Å²) in [6.45, 7) is 0. The number of aryl methyl sites for hydroxylation is 1. The highest BCUT2D eigenvalue weighted by molar-refractivity contribution is 5.49. The van der Waals surface area contributed by atoms with Crippen molar-refractivity contribution >= 4 is 6.29 Å². The minimum atomic E-state index is -0.305. The summed E-state index contributed by atoms with van der Waals surface area (Å²) < 4.78 is 12.5. The zero-order valence-corrected chi connectivity index (χ0v) is 5.96. The molecule has 1 aromatic heterocycles. The van der Waals surface area contributed by atoms with Crippen LogP contribution in [0.1, 0.15) is 12.1 Å². The van der Waals surface area contributed by atoms with Crippen LogP contribution in [-0.4, -0.2) is 11.3 Å². The Bertz CT molecular complexity index is 250. The first-order valence-electron chi connectivity index (χ1n) is 3.37. The number of aldehydes is 1. The summed E-state index contributed by atoms with van der Waals surface area (Å²) in [6, 6.07) is 2.62. The van der Waals surface area contributed by atoms with Crippen LogP contribution in [0.25, 0.3) is 0 Å². The minimum absolute atomic E-state index is 0.305. The molecule has 0 spiro atoms. The van der Waals surface area contributed by atoms with E-state index in [1.165, 1.54) is 18.3 Å². The van der Waals surface area contributed by atoms with Crippen molar-refractivity contribution in [3.05, 3.63) is 29.8 Å². The molecule has 11 heavy (non-hydrogen) atoms. The van der Waals surface area contributed by atoms with Gasteiger partial charge in [-0.05, 0) is 18.6 Å². The van der Waals surface area contributed by atoms with Crippen molar-refractivity contribution in [3.63, 3.8) is 0 Å². The summed E-state index contributed by atoms with van der Waals surface area (Å²) in [7, 11) is 0. The van der Waals surface area contributed by atoms with Gasteiger partial charge in [-0.15, -0.1) is 0 Å². The van der Waals surface area contributed by atoms with E-state index < -0.39 is 0 Å². The van der Waals surface area contributed by atoms with Gasteiger partial charge in [0.1, 0.15) is 12.1 Å². The van der Waals surface area contributed by atoms with Crippen molar-refractivity contribution < 1.29 is 9.18 Å². The maximum atomic E-state index is 12.5. The quantitative estimate of drug-likeness (QED) is 0.613. The van der Waals surface area contributed by atoms with Gasteiger partial charge in [-0.2, -0.15) is 0 Å². The van der Waals surface area contributed by atoms with Gasteiger partial charge >= 0.3 is 0 Å². The summed E-state index contributed by atoms with van der Waals surface area (Å²) in [6.07, 6.45) is 3.11. The van der Waals surface area contributed by atoms with E-state index in [0.717, 1.165) is 6.29 Å². The Balaban J connectivity index is 2.63.